The van der Waals surface area contributed by atoms with E-state index in [1.165, 1.54) is 11.3 Å². The molecule has 1 heterocycles. The quantitative estimate of drug-likeness (QED) is 0.590. The summed E-state index contributed by atoms with van der Waals surface area (Å²) >= 11 is 0. The molecule has 1 aliphatic heterocycles. The Balaban J connectivity index is 1.48. The number of fused-ring (bicyclic) bond motifs is 1. The second-order valence-corrected chi connectivity index (χ2v) is 7.46. The fraction of sp³-hybridized carbons (Fsp3) is 0.833. The Hall–Kier alpha value is -1.39. The molecule has 2 aliphatic carbocycles. The van der Waals surface area contributed by atoms with Crippen molar-refractivity contribution >= 4 is 17.8 Å². The van der Waals surface area contributed by atoms with E-state index in [-0.39, 0.29) is 48.7 Å². The predicted octanol–water partition coefficient (Wildman–Crippen LogP) is 2.67. The number of imide groups is 1. The van der Waals surface area contributed by atoms with Gasteiger partial charge in [0.2, 0.25) is 11.8 Å². The summed E-state index contributed by atoms with van der Waals surface area (Å²) in [5.74, 6) is -0.0820. The lowest BCUT2D eigenvalue weighted by Gasteiger charge is -2.26. The summed E-state index contributed by atoms with van der Waals surface area (Å²) in [4.78, 5) is 38.0. The molecule has 23 heavy (non-hydrogen) atoms. The minimum absolute atomic E-state index is 0.0128. The van der Waals surface area contributed by atoms with Crippen molar-refractivity contribution in [3.63, 3.8) is 0 Å². The highest BCUT2D eigenvalue weighted by Gasteiger charge is 2.47. The Morgan fingerprint density at radius 3 is 2.30 bits per heavy atom. The molecular weight excluding hydrogens is 294 g/mol. The van der Waals surface area contributed by atoms with Crippen LogP contribution in [0.15, 0.2) is 0 Å². The number of carbonyl (C=O) groups is 3. The lowest BCUT2D eigenvalue weighted by Crippen LogP contribution is -2.34. The Labute approximate surface area is 137 Å². The molecule has 0 aromatic carbocycles. The van der Waals surface area contributed by atoms with Crippen LogP contribution in [0, 0.1) is 17.8 Å². The predicted molar refractivity (Wildman–Crippen MR) is 84.3 cm³/mol. The van der Waals surface area contributed by atoms with Gasteiger partial charge in [0.15, 0.2) is 0 Å². The molecule has 3 rings (SSSR count). The van der Waals surface area contributed by atoms with Crippen molar-refractivity contribution in [1.82, 2.24) is 4.90 Å². The van der Waals surface area contributed by atoms with Crippen LogP contribution in [0.2, 0.25) is 0 Å². The third-order valence-electron chi connectivity index (χ3n) is 5.66. The van der Waals surface area contributed by atoms with E-state index in [1.807, 2.05) is 0 Å². The monoisotopic (exact) mass is 321 g/mol. The summed E-state index contributed by atoms with van der Waals surface area (Å²) < 4.78 is 5.52. The summed E-state index contributed by atoms with van der Waals surface area (Å²) in [5.41, 5.74) is 0. The SMILES string of the molecule is CC1CCCC(OC(=O)CCN2C(=O)C3CCCCC3C2=O)C1. The fourth-order valence-electron chi connectivity index (χ4n) is 4.38. The largest absolute Gasteiger partial charge is 0.462 e. The van der Waals surface area contributed by atoms with Gasteiger partial charge in [0.1, 0.15) is 6.10 Å². The molecule has 0 aromatic heterocycles. The number of esters is 1. The maximum absolute atomic E-state index is 12.3. The lowest BCUT2D eigenvalue weighted by atomic mass is 9.81. The number of rotatable bonds is 4. The van der Waals surface area contributed by atoms with Gasteiger partial charge in [-0.2, -0.15) is 0 Å². The molecule has 4 unspecified atom stereocenters. The van der Waals surface area contributed by atoms with E-state index in [0.29, 0.717) is 5.92 Å². The summed E-state index contributed by atoms with van der Waals surface area (Å²) in [6.07, 6.45) is 7.98. The first-order valence-electron chi connectivity index (χ1n) is 9.11. The highest BCUT2D eigenvalue weighted by atomic mass is 16.5. The number of ether oxygens (including phenoxy) is 1. The zero-order valence-electron chi connectivity index (χ0n) is 14.0. The average molecular weight is 321 g/mol. The van der Waals surface area contributed by atoms with E-state index in [4.69, 9.17) is 4.74 Å². The van der Waals surface area contributed by atoms with E-state index in [9.17, 15) is 14.4 Å². The van der Waals surface area contributed by atoms with Gasteiger partial charge in [0.25, 0.3) is 0 Å². The Morgan fingerprint density at radius 2 is 1.70 bits per heavy atom. The minimum Gasteiger partial charge on any atom is -0.462 e. The van der Waals surface area contributed by atoms with Crippen LogP contribution in [0.4, 0.5) is 0 Å². The Morgan fingerprint density at radius 1 is 1.04 bits per heavy atom. The van der Waals surface area contributed by atoms with E-state index in [2.05, 4.69) is 6.92 Å². The van der Waals surface area contributed by atoms with Crippen molar-refractivity contribution in [3.05, 3.63) is 0 Å². The minimum atomic E-state index is -0.278. The fourth-order valence-corrected chi connectivity index (χ4v) is 4.38. The number of nitrogens with zero attached hydrogens (tertiary/aromatic N) is 1. The van der Waals surface area contributed by atoms with Crippen LogP contribution in [-0.2, 0) is 19.1 Å². The molecule has 4 atom stereocenters. The van der Waals surface area contributed by atoms with Gasteiger partial charge < -0.3 is 4.74 Å². The van der Waals surface area contributed by atoms with Crippen LogP contribution in [0.3, 0.4) is 0 Å². The molecule has 0 radical (unpaired) electrons. The second kappa shape index (κ2) is 7.02. The van der Waals surface area contributed by atoms with Crippen LogP contribution >= 0.6 is 0 Å². The van der Waals surface area contributed by atoms with Crippen LogP contribution < -0.4 is 0 Å². The van der Waals surface area contributed by atoms with Gasteiger partial charge in [-0.05, 0) is 38.0 Å². The first-order chi connectivity index (χ1) is 11.1. The summed E-state index contributed by atoms with van der Waals surface area (Å²) in [5, 5.41) is 0. The first-order valence-corrected chi connectivity index (χ1v) is 9.11. The second-order valence-electron chi connectivity index (χ2n) is 7.46. The van der Waals surface area contributed by atoms with Gasteiger partial charge >= 0.3 is 5.97 Å². The van der Waals surface area contributed by atoms with Gasteiger partial charge in [-0.3, -0.25) is 19.3 Å². The van der Waals surface area contributed by atoms with Crippen molar-refractivity contribution in [3.8, 4) is 0 Å². The Kier molecular flexibility index (Phi) is 5.02. The molecule has 0 N–H and O–H groups in total. The van der Waals surface area contributed by atoms with Crippen LogP contribution in [-0.4, -0.2) is 35.3 Å². The molecule has 5 heteroatoms. The standard InChI is InChI=1S/C18H27NO4/c1-12-5-4-6-13(11-12)23-16(20)9-10-19-17(21)14-7-2-3-8-15(14)18(19)22/h12-15H,2-11H2,1H3. The number of carbonyl (C=O) groups excluding carboxylic acids is 3. The smallest absolute Gasteiger partial charge is 0.307 e. The number of amides is 2. The molecule has 0 aromatic rings. The van der Waals surface area contributed by atoms with Crippen LogP contribution in [0.5, 0.6) is 0 Å². The molecule has 3 aliphatic rings. The molecule has 128 valence electrons. The molecule has 3 fully saturated rings. The van der Waals surface area contributed by atoms with Gasteiger partial charge in [0.05, 0.1) is 18.3 Å². The third-order valence-corrected chi connectivity index (χ3v) is 5.66. The molecule has 0 bridgehead atoms. The highest BCUT2D eigenvalue weighted by molar-refractivity contribution is 6.05. The van der Waals surface area contributed by atoms with Gasteiger partial charge in [-0.25, -0.2) is 0 Å². The van der Waals surface area contributed by atoms with Gasteiger partial charge in [-0.15, -0.1) is 0 Å². The molecule has 1 saturated heterocycles. The summed E-state index contributed by atoms with van der Waals surface area (Å²) in [6, 6.07) is 0. The highest BCUT2D eigenvalue weighted by Crippen LogP contribution is 2.38. The van der Waals surface area contributed by atoms with E-state index in [1.54, 1.807) is 0 Å². The van der Waals surface area contributed by atoms with E-state index < -0.39 is 0 Å². The van der Waals surface area contributed by atoms with Gasteiger partial charge in [-0.1, -0.05) is 26.2 Å². The summed E-state index contributed by atoms with van der Waals surface area (Å²) in [7, 11) is 0. The maximum atomic E-state index is 12.3. The van der Waals surface area contributed by atoms with Gasteiger partial charge in [0, 0.05) is 6.54 Å². The van der Waals surface area contributed by atoms with Crippen molar-refractivity contribution < 1.29 is 19.1 Å². The first kappa shape index (κ1) is 16.5. The van der Waals surface area contributed by atoms with E-state index >= 15 is 0 Å². The van der Waals surface area contributed by atoms with Crippen molar-refractivity contribution in [2.45, 2.75) is 70.8 Å². The summed E-state index contributed by atoms with van der Waals surface area (Å²) in [6.45, 7) is 2.37. The normalized spacial score (nSPS) is 34.4. The number of hydrogen-bond acceptors (Lipinski definition) is 4. The zero-order chi connectivity index (χ0) is 16.4. The molecule has 5 nitrogen and oxygen atoms in total. The molecule has 2 amide bonds. The molecule has 2 saturated carbocycles. The third kappa shape index (κ3) is 3.59. The topological polar surface area (TPSA) is 63.7 Å². The number of hydrogen-bond donors (Lipinski definition) is 0. The molecule has 0 spiro atoms. The van der Waals surface area contributed by atoms with Crippen LogP contribution in [0.25, 0.3) is 0 Å². The van der Waals surface area contributed by atoms with Crippen molar-refractivity contribution in [1.29, 1.82) is 0 Å². The van der Waals surface area contributed by atoms with Crippen molar-refractivity contribution in [2.75, 3.05) is 6.54 Å². The molecular formula is C18H27NO4. The van der Waals surface area contributed by atoms with E-state index in [0.717, 1.165) is 44.9 Å². The zero-order valence-corrected chi connectivity index (χ0v) is 14.0. The maximum Gasteiger partial charge on any atom is 0.307 e. The average Bonchev–Trinajstić information content (AvgIpc) is 2.77. The Bertz CT molecular complexity index is 465. The van der Waals surface area contributed by atoms with Crippen LogP contribution in [0.1, 0.15) is 64.7 Å². The number of likely N-dealkylation sites (tertiary alicyclic amines) is 1. The van der Waals surface area contributed by atoms with Crippen molar-refractivity contribution in [2.24, 2.45) is 17.8 Å². The lowest BCUT2D eigenvalue weighted by molar-refractivity contribution is -0.152.